The Hall–Kier alpha value is -2.25. The summed E-state index contributed by atoms with van der Waals surface area (Å²) >= 11 is 0. The summed E-state index contributed by atoms with van der Waals surface area (Å²) in [6.07, 6.45) is -1.72. The molecule has 2 aromatic rings. The van der Waals surface area contributed by atoms with Gasteiger partial charge in [-0.25, -0.2) is 9.97 Å². The third kappa shape index (κ3) is 1.93. The van der Waals surface area contributed by atoms with Crippen molar-refractivity contribution in [3.8, 4) is 6.07 Å². The molecule has 3 rings (SSSR count). The number of aromatic nitrogens is 3. The number of ether oxygens (including phenoxy) is 1. The normalized spacial score (nSPS) is 28.9. The van der Waals surface area contributed by atoms with E-state index in [0.717, 1.165) is 0 Å². The highest BCUT2D eigenvalue weighted by molar-refractivity contribution is 5.91. The molecule has 1 saturated heterocycles. The number of fused-ring (bicyclic) bond motifs is 1. The Bertz CT molecular complexity index is 724. The molecule has 1 aliphatic rings. The zero-order chi connectivity index (χ0) is 15.1. The van der Waals surface area contributed by atoms with Crippen LogP contribution in [-0.2, 0) is 4.74 Å². The van der Waals surface area contributed by atoms with Crippen LogP contribution >= 0.6 is 0 Å². The summed E-state index contributed by atoms with van der Waals surface area (Å²) in [5.41, 5.74) is 6.30. The van der Waals surface area contributed by atoms with E-state index >= 15 is 0 Å². The van der Waals surface area contributed by atoms with Crippen molar-refractivity contribution >= 4 is 16.9 Å². The number of nitrogen functional groups attached to an aromatic ring is 1. The summed E-state index contributed by atoms with van der Waals surface area (Å²) in [6.45, 7) is -0.434. The van der Waals surface area contributed by atoms with Gasteiger partial charge in [-0.2, -0.15) is 5.26 Å². The van der Waals surface area contributed by atoms with Crippen LogP contribution in [-0.4, -0.2) is 54.8 Å². The molecule has 5 N–H and O–H groups in total. The van der Waals surface area contributed by atoms with E-state index in [9.17, 15) is 10.2 Å². The molecule has 0 aromatic carbocycles. The second kappa shape index (κ2) is 4.94. The van der Waals surface area contributed by atoms with Crippen LogP contribution in [0.15, 0.2) is 12.5 Å². The number of hydrogen-bond acceptors (Lipinski definition) is 8. The molecule has 2 aromatic heterocycles. The molecule has 1 aliphatic heterocycles. The van der Waals surface area contributed by atoms with E-state index in [2.05, 4.69) is 9.97 Å². The minimum atomic E-state index is -1.26. The number of nitrogens with zero attached hydrogens (tertiary/aromatic N) is 4. The van der Waals surface area contributed by atoms with Crippen LogP contribution < -0.4 is 5.73 Å². The maximum absolute atomic E-state index is 10.1. The van der Waals surface area contributed by atoms with Gasteiger partial charge in [0.05, 0.1) is 17.6 Å². The number of nitrogens with two attached hydrogens (primary N) is 1. The van der Waals surface area contributed by atoms with E-state index in [-0.39, 0.29) is 11.4 Å². The molecule has 0 bridgehead atoms. The van der Waals surface area contributed by atoms with Crippen LogP contribution in [0.25, 0.3) is 11.0 Å². The largest absolute Gasteiger partial charge is 0.394 e. The minimum absolute atomic E-state index is 0.141. The van der Waals surface area contributed by atoms with Crippen molar-refractivity contribution in [3.63, 3.8) is 0 Å². The Kier molecular flexibility index (Phi) is 3.23. The predicted molar refractivity (Wildman–Crippen MR) is 69.7 cm³/mol. The lowest BCUT2D eigenvalue weighted by Gasteiger charge is -2.17. The van der Waals surface area contributed by atoms with Crippen molar-refractivity contribution in [3.05, 3.63) is 18.1 Å². The fourth-order valence-electron chi connectivity index (χ4n) is 2.50. The molecule has 110 valence electrons. The SMILES string of the molecule is N#Cc1cn([C@@H]2O[C@H](CO)[C@@H](O)[C@@H]2O)c2ncnc(N)c12. The summed E-state index contributed by atoms with van der Waals surface area (Å²) in [5.74, 6) is 0.141. The molecule has 9 heteroatoms. The van der Waals surface area contributed by atoms with Crippen molar-refractivity contribution in [2.75, 3.05) is 12.3 Å². The zero-order valence-corrected chi connectivity index (χ0v) is 10.8. The average Bonchev–Trinajstić information content (AvgIpc) is 2.99. The van der Waals surface area contributed by atoms with E-state index in [1.54, 1.807) is 0 Å². The van der Waals surface area contributed by atoms with Crippen LogP contribution in [0.3, 0.4) is 0 Å². The van der Waals surface area contributed by atoms with Crippen molar-refractivity contribution in [1.29, 1.82) is 5.26 Å². The zero-order valence-electron chi connectivity index (χ0n) is 10.8. The van der Waals surface area contributed by atoms with Gasteiger partial charge in [0.25, 0.3) is 0 Å². The van der Waals surface area contributed by atoms with Gasteiger partial charge in [-0.1, -0.05) is 0 Å². The standard InChI is InChI=1S/C12H13N5O4/c13-1-5-2-17(11-7(5)10(14)15-4-16-11)12-9(20)8(19)6(3-18)21-12/h2,4,6,8-9,12,18-20H,3H2,(H2,14,15,16)/t6-,8-,9+,12-/m1/s1. The lowest BCUT2D eigenvalue weighted by atomic mass is 10.1. The number of aliphatic hydroxyl groups excluding tert-OH is 3. The van der Waals surface area contributed by atoms with Gasteiger partial charge in [-0.3, -0.25) is 0 Å². The first-order valence-electron chi connectivity index (χ1n) is 6.22. The number of rotatable bonds is 2. The first kappa shape index (κ1) is 13.7. The molecule has 0 spiro atoms. The summed E-state index contributed by atoms with van der Waals surface area (Å²) in [7, 11) is 0. The minimum Gasteiger partial charge on any atom is -0.394 e. The molecule has 21 heavy (non-hydrogen) atoms. The van der Waals surface area contributed by atoms with Crippen LogP contribution in [0.5, 0.6) is 0 Å². The summed E-state index contributed by atoms with van der Waals surface area (Å²) in [4.78, 5) is 7.88. The first-order valence-corrected chi connectivity index (χ1v) is 6.22. The van der Waals surface area contributed by atoms with Gasteiger partial charge in [-0.05, 0) is 0 Å². The average molecular weight is 291 g/mol. The fourth-order valence-corrected chi connectivity index (χ4v) is 2.50. The van der Waals surface area contributed by atoms with Gasteiger partial charge in [0.1, 0.15) is 42.2 Å². The molecule has 0 radical (unpaired) electrons. The smallest absolute Gasteiger partial charge is 0.164 e. The van der Waals surface area contributed by atoms with E-state index < -0.39 is 31.1 Å². The van der Waals surface area contributed by atoms with Gasteiger partial charge in [-0.15, -0.1) is 0 Å². The van der Waals surface area contributed by atoms with Crippen molar-refractivity contribution in [2.24, 2.45) is 0 Å². The Morgan fingerprint density at radius 2 is 2.14 bits per heavy atom. The summed E-state index contributed by atoms with van der Waals surface area (Å²) in [5, 5.41) is 38.5. The van der Waals surface area contributed by atoms with E-state index in [1.807, 2.05) is 6.07 Å². The van der Waals surface area contributed by atoms with Crippen LogP contribution in [0.1, 0.15) is 11.8 Å². The van der Waals surface area contributed by atoms with Crippen LogP contribution in [0, 0.1) is 11.3 Å². The maximum Gasteiger partial charge on any atom is 0.164 e. The first-order chi connectivity index (χ1) is 10.1. The quantitative estimate of drug-likeness (QED) is 0.521. The van der Waals surface area contributed by atoms with Crippen molar-refractivity contribution in [2.45, 2.75) is 24.5 Å². The van der Waals surface area contributed by atoms with E-state index in [1.165, 1.54) is 17.1 Å². The topological polar surface area (TPSA) is 150 Å². The van der Waals surface area contributed by atoms with Gasteiger partial charge < -0.3 is 30.4 Å². The highest BCUT2D eigenvalue weighted by Gasteiger charge is 2.44. The molecule has 0 aliphatic carbocycles. The molecule has 0 amide bonds. The number of hydrogen-bond donors (Lipinski definition) is 4. The third-order valence-electron chi connectivity index (χ3n) is 3.55. The molecule has 3 heterocycles. The second-order valence-corrected chi connectivity index (χ2v) is 4.75. The number of nitriles is 1. The van der Waals surface area contributed by atoms with E-state index in [0.29, 0.717) is 11.0 Å². The Morgan fingerprint density at radius 3 is 2.76 bits per heavy atom. The molecule has 0 unspecified atom stereocenters. The monoisotopic (exact) mass is 291 g/mol. The van der Waals surface area contributed by atoms with Crippen LogP contribution in [0.4, 0.5) is 5.82 Å². The second-order valence-electron chi connectivity index (χ2n) is 4.75. The summed E-state index contributed by atoms with van der Waals surface area (Å²) < 4.78 is 6.84. The van der Waals surface area contributed by atoms with E-state index in [4.69, 9.17) is 20.8 Å². The Balaban J connectivity index is 2.14. The molecular weight excluding hydrogens is 278 g/mol. The van der Waals surface area contributed by atoms with Gasteiger partial charge >= 0.3 is 0 Å². The van der Waals surface area contributed by atoms with Gasteiger partial charge in [0.15, 0.2) is 6.23 Å². The maximum atomic E-state index is 10.1. The number of anilines is 1. The fraction of sp³-hybridized carbons (Fsp3) is 0.417. The number of aliphatic hydroxyl groups is 3. The molecule has 1 fully saturated rings. The molecule has 0 saturated carbocycles. The predicted octanol–water partition coefficient (Wildman–Crippen LogP) is -1.50. The molecule has 4 atom stereocenters. The van der Waals surface area contributed by atoms with Gasteiger partial charge in [0.2, 0.25) is 0 Å². The summed E-state index contributed by atoms with van der Waals surface area (Å²) in [6, 6.07) is 1.98. The lowest BCUT2D eigenvalue weighted by molar-refractivity contribution is -0.0508. The van der Waals surface area contributed by atoms with Crippen molar-refractivity contribution < 1.29 is 20.1 Å². The van der Waals surface area contributed by atoms with Gasteiger partial charge in [0, 0.05) is 6.20 Å². The van der Waals surface area contributed by atoms with Crippen molar-refractivity contribution in [1.82, 2.24) is 14.5 Å². The highest BCUT2D eigenvalue weighted by atomic mass is 16.6. The lowest BCUT2D eigenvalue weighted by Crippen LogP contribution is -2.33. The third-order valence-corrected chi connectivity index (χ3v) is 3.55. The molecule has 9 nitrogen and oxygen atoms in total. The Morgan fingerprint density at radius 1 is 1.38 bits per heavy atom. The molecular formula is C12H13N5O4. The highest BCUT2D eigenvalue weighted by Crippen LogP contribution is 2.34. The Labute approximate surface area is 118 Å². The van der Waals surface area contributed by atoms with Crippen LogP contribution in [0.2, 0.25) is 0 Å².